The van der Waals surface area contributed by atoms with Crippen molar-refractivity contribution in [1.29, 1.82) is 0 Å². The highest BCUT2D eigenvalue weighted by Gasteiger charge is 2.28. The topological polar surface area (TPSA) is 102 Å². The normalized spacial score (nSPS) is 18.4. The van der Waals surface area contributed by atoms with Gasteiger partial charge in [-0.1, -0.05) is 0 Å². The molecule has 1 aromatic heterocycles. The summed E-state index contributed by atoms with van der Waals surface area (Å²) in [5.74, 6) is 0.487. The number of ether oxygens (including phenoxy) is 1. The monoisotopic (exact) mass is 303 g/mol. The fourth-order valence-electron chi connectivity index (χ4n) is 2.27. The van der Waals surface area contributed by atoms with Crippen LogP contribution in [0.2, 0.25) is 0 Å². The van der Waals surface area contributed by atoms with Crippen LogP contribution in [-0.4, -0.2) is 55.9 Å². The predicted molar refractivity (Wildman–Crippen MR) is 75.3 cm³/mol. The molecule has 2 rings (SSSR count). The molecule has 1 aliphatic heterocycles. The van der Waals surface area contributed by atoms with Crippen LogP contribution in [0.3, 0.4) is 0 Å². The van der Waals surface area contributed by atoms with Gasteiger partial charge in [0, 0.05) is 32.9 Å². The average Bonchev–Trinajstić information content (AvgIpc) is 2.86. The summed E-state index contributed by atoms with van der Waals surface area (Å²) in [7, 11) is -1.87. The Hall–Kier alpha value is -1.16. The largest absolute Gasteiger partial charge is 0.383 e. The van der Waals surface area contributed by atoms with Crippen molar-refractivity contribution in [3.8, 4) is 0 Å². The molecule has 9 heteroatoms. The van der Waals surface area contributed by atoms with E-state index in [4.69, 9.17) is 10.5 Å². The van der Waals surface area contributed by atoms with Gasteiger partial charge in [-0.3, -0.25) is 4.68 Å². The average molecular weight is 303 g/mol. The van der Waals surface area contributed by atoms with Gasteiger partial charge in [0.15, 0.2) is 0 Å². The van der Waals surface area contributed by atoms with Crippen molar-refractivity contribution < 1.29 is 13.2 Å². The summed E-state index contributed by atoms with van der Waals surface area (Å²) in [6.45, 7) is 1.61. The van der Waals surface area contributed by atoms with Gasteiger partial charge in [-0.25, -0.2) is 0 Å². The van der Waals surface area contributed by atoms with Gasteiger partial charge in [-0.2, -0.15) is 22.5 Å². The lowest BCUT2D eigenvalue weighted by Crippen LogP contribution is -2.46. The number of rotatable bonds is 6. The van der Waals surface area contributed by atoms with E-state index in [0.717, 1.165) is 12.8 Å². The molecule has 0 amide bonds. The van der Waals surface area contributed by atoms with Gasteiger partial charge in [-0.05, 0) is 18.9 Å². The molecule has 8 nitrogen and oxygen atoms in total. The maximum Gasteiger partial charge on any atom is 0.279 e. The molecular weight excluding hydrogens is 282 g/mol. The third-order valence-electron chi connectivity index (χ3n) is 3.36. The molecule has 0 spiro atoms. The van der Waals surface area contributed by atoms with Gasteiger partial charge in [0.2, 0.25) is 0 Å². The van der Waals surface area contributed by atoms with Crippen LogP contribution in [0, 0.1) is 0 Å². The number of hydrogen-bond donors (Lipinski definition) is 2. The Morgan fingerprint density at radius 2 is 2.20 bits per heavy atom. The molecule has 0 saturated carbocycles. The molecule has 1 aromatic rings. The van der Waals surface area contributed by atoms with Crippen LogP contribution in [0.4, 0.5) is 5.82 Å². The van der Waals surface area contributed by atoms with Gasteiger partial charge in [-0.15, -0.1) is 0 Å². The highest BCUT2D eigenvalue weighted by Crippen LogP contribution is 2.23. The third kappa shape index (κ3) is 3.69. The summed E-state index contributed by atoms with van der Waals surface area (Å²) in [6, 6.07) is 1.95. The molecule has 3 N–H and O–H groups in total. The molecule has 114 valence electrons. The number of nitrogens with one attached hydrogen (secondary N) is 1. The second-order valence-corrected chi connectivity index (χ2v) is 6.50. The lowest BCUT2D eigenvalue weighted by Gasteiger charge is -2.31. The van der Waals surface area contributed by atoms with E-state index in [1.54, 1.807) is 6.07 Å². The minimum Gasteiger partial charge on any atom is -0.383 e. The zero-order chi connectivity index (χ0) is 14.6. The van der Waals surface area contributed by atoms with Crippen molar-refractivity contribution in [2.24, 2.45) is 0 Å². The van der Waals surface area contributed by atoms with Gasteiger partial charge < -0.3 is 10.5 Å². The molecule has 0 aliphatic carbocycles. The van der Waals surface area contributed by atoms with E-state index in [9.17, 15) is 8.42 Å². The maximum atomic E-state index is 12.0. The van der Waals surface area contributed by atoms with Gasteiger partial charge in [0.25, 0.3) is 10.2 Å². The van der Waals surface area contributed by atoms with Gasteiger partial charge in [0.05, 0.1) is 12.6 Å². The standard InChI is InChI=1S/C11H21N5O3S/c1-19-9-5-13-20(17,18)15-6-2-10(3-7-15)16-8-4-11(12)14-16/h4,8,10,13H,2-3,5-7,9H2,1H3,(H2,12,14). The predicted octanol–water partition coefficient (Wildman–Crippen LogP) is -0.417. The molecular formula is C11H21N5O3S. The van der Waals surface area contributed by atoms with Crippen molar-refractivity contribution in [1.82, 2.24) is 18.8 Å². The molecule has 20 heavy (non-hydrogen) atoms. The van der Waals surface area contributed by atoms with Crippen LogP contribution >= 0.6 is 0 Å². The third-order valence-corrected chi connectivity index (χ3v) is 4.97. The minimum atomic E-state index is -3.41. The van der Waals surface area contributed by atoms with Gasteiger partial charge >= 0.3 is 0 Å². The van der Waals surface area contributed by atoms with E-state index >= 15 is 0 Å². The number of nitrogens with zero attached hydrogens (tertiary/aromatic N) is 3. The molecule has 0 aromatic carbocycles. The summed E-state index contributed by atoms with van der Waals surface area (Å²) < 4.78 is 34.7. The summed E-state index contributed by atoms with van der Waals surface area (Å²) >= 11 is 0. The number of hydrogen-bond acceptors (Lipinski definition) is 5. The van der Waals surface area contributed by atoms with E-state index in [1.165, 1.54) is 11.4 Å². The Kier molecular flexibility index (Phi) is 4.97. The van der Waals surface area contributed by atoms with Crippen LogP contribution in [0.15, 0.2) is 12.3 Å². The molecule has 1 saturated heterocycles. The van der Waals surface area contributed by atoms with Gasteiger partial charge in [0.1, 0.15) is 5.82 Å². The van der Waals surface area contributed by atoms with Crippen molar-refractivity contribution >= 4 is 16.0 Å². The Bertz CT molecular complexity index is 522. The van der Waals surface area contributed by atoms with Crippen molar-refractivity contribution in [3.63, 3.8) is 0 Å². The van der Waals surface area contributed by atoms with E-state index in [0.29, 0.717) is 25.5 Å². The van der Waals surface area contributed by atoms with Crippen LogP contribution in [0.1, 0.15) is 18.9 Å². The Morgan fingerprint density at radius 3 is 2.75 bits per heavy atom. The SMILES string of the molecule is COCCNS(=O)(=O)N1CCC(n2ccc(N)n2)CC1. The molecule has 0 unspecified atom stereocenters. The molecule has 0 radical (unpaired) electrons. The first-order valence-electron chi connectivity index (χ1n) is 6.57. The number of piperidine rings is 1. The second kappa shape index (κ2) is 6.53. The number of methoxy groups -OCH3 is 1. The van der Waals surface area contributed by atoms with E-state index in [2.05, 4.69) is 9.82 Å². The van der Waals surface area contributed by atoms with E-state index < -0.39 is 10.2 Å². The summed E-state index contributed by atoms with van der Waals surface area (Å²) in [6.07, 6.45) is 3.29. The highest BCUT2D eigenvalue weighted by molar-refractivity contribution is 7.87. The Balaban J connectivity index is 1.87. The molecule has 1 aliphatic rings. The minimum absolute atomic E-state index is 0.206. The zero-order valence-electron chi connectivity index (χ0n) is 11.5. The Morgan fingerprint density at radius 1 is 1.50 bits per heavy atom. The second-order valence-electron chi connectivity index (χ2n) is 4.74. The molecule has 1 fully saturated rings. The summed E-state index contributed by atoms with van der Waals surface area (Å²) in [5, 5.41) is 4.18. The smallest absolute Gasteiger partial charge is 0.279 e. The maximum absolute atomic E-state index is 12.0. The number of aromatic nitrogens is 2. The van der Waals surface area contributed by atoms with E-state index in [1.807, 2.05) is 10.9 Å². The van der Waals surface area contributed by atoms with Crippen LogP contribution < -0.4 is 10.5 Å². The fourth-order valence-corrected chi connectivity index (χ4v) is 3.48. The van der Waals surface area contributed by atoms with Crippen LogP contribution in [0.5, 0.6) is 0 Å². The van der Waals surface area contributed by atoms with Crippen LogP contribution in [-0.2, 0) is 14.9 Å². The van der Waals surface area contributed by atoms with E-state index in [-0.39, 0.29) is 12.6 Å². The molecule has 0 atom stereocenters. The van der Waals surface area contributed by atoms with Crippen molar-refractivity contribution in [3.05, 3.63) is 12.3 Å². The first kappa shape index (κ1) is 15.2. The van der Waals surface area contributed by atoms with Crippen LogP contribution in [0.25, 0.3) is 0 Å². The number of nitrogen functional groups attached to an aromatic ring is 1. The summed E-state index contributed by atoms with van der Waals surface area (Å²) in [5.41, 5.74) is 5.59. The molecule has 0 bridgehead atoms. The number of nitrogens with two attached hydrogens (primary N) is 1. The summed E-state index contributed by atoms with van der Waals surface area (Å²) in [4.78, 5) is 0. The quantitative estimate of drug-likeness (QED) is 0.695. The van der Waals surface area contributed by atoms with Crippen molar-refractivity contribution in [2.45, 2.75) is 18.9 Å². The first-order chi connectivity index (χ1) is 9.53. The first-order valence-corrected chi connectivity index (χ1v) is 8.01. The van der Waals surface area contributed by atoms with Crippen molar-refractivity contribution in [2.75, 3.05) is 39.1 Å². The Labute approximate surface area is 119 Å². The lowest BCUT2D eigenvalue weighted by molar-refractivity contribution is 0.202. The lowest BCUT2D eigenvalue weighted by atomic mass is 10.1. The zero-order valence-corrected chi connectivity index (χ0v) is 12.3. The highest BCUT2D eigenvalue weighted by atomic mass is 32.2. The number of anilines is 1. The fraction of sp³-hybridized carbons (Fsp3) is 0.727. The molecule has 2 heterocycles.